The Kier molecular flexibility index (Phi) is 4.37. The maximum absolute atomic E-state index is 12.0. The zero-order valence-electron chi connectivity index (χ0n) is 11.3. The number of nitrogens with one attached hydrogen (secondary N) is 1. The normalized spacial score (nSPS) is 20.7. The van der Waals surface area contributed by atoms with Gasteiger partial charge in [0.2, 0.25) is 5.91 Å². The van der Waals surface area contributed by atoms with Crippen molar-refractivity contribution in [2.45, 2.75) is 26.3 Å². The molecule has 1 saturated heterocycles. The Morgan fingerprint density at radius 3 is 2.78 bits per heavy atom. The number of rotatable bonds is 3. The van der Waals surface area contributed by atoms with Crippen molar-refractivity contribution in [2.24, 2.45) is 5.92 Å². The van der Waals surface area contributed by atoms with E-state index in [0.29, 0.717) is 6.54 Å². The van der Waals surface area contributed by atoms with Crippen molar-refractivity contribution in [3.8, 4) is 0 Å². The Labute approximate surface area is 109 Å². The van der Waals surface area contributed by atoms with Crippen LogP contribution in [-0.4, -0.2) is 30.9 Å². The van der Waals surface area contributed by atoms with Gasteiger partial charge >= 0.3 is 0 Å². The van der Waals surface area contributed by atoms with Gasteiger partial charge in [0, 0.05) is 13.1 Å². The van der Waals surface area contributed by atoms with Crippen molar-refractivity contribution in [3.63, 3.8) is 0 Å². The molecule has 1 atom stereocenters. The van der Waals surface area contributed by atoms with Crippen LogP contribution in [0.4, 0.5) is 0 Å². The van der Waals surface area contributed by atoms with Gasteiger partial charge in [-0.15, -0.1) is 0 Å². The molecule has 3 nitrogen and oxygen atoms in total. The fourth-order valence-corrected chi connectivity index (χ4v) is 2.42. The summed E-state index contributed by atoms with van der Waals surface area (Å²) in [5.41, 5.74) is 2.41. The molecule has 1 aliphatic rings. The highest BCUT2D eigenvalue weighted by Crippen LogP contribution is 2.15. The second-order valence-electron chi connectivity index (χ2n) is 5.30. The fourth-order valence-electron chi connectivity index (χ4n) is 2.42. The summed E-state index contributed by atoms with van der Waals surface area (Å²) < 4.78 is 0. The van der Waals surface area contributed by atoms with Crippen LogP contribution in [0, 0.1) is 12.8 Å². The Morgan fingerprint density at radius 1 is 1.39 bits per heavy atom. The van der Waals surface area contributed by atoms with Crippen LogP contribution in [-0.2, 0) is 11.3 Å². The summed E-state index contributed by atoms with van der Waals surface area (Å²) in [7, 11) is 2.08. The summed E-state index contributed by atoms with van der Waals surface area (Å²) in [6, 6.07) is 8.30. The Morgan fingerprint density at radius 2 is 2.11 bits per heavy atom. The first-order valence-electron chi connectivity index (χ1n) is 6.67. The van der Waals surface area contributed by atoms with Crippen LogP contribution in [0.25, 0.3) is 0 Å². The van der Waals surface area contributed by atoms with E-state index >= 15 is 0 Å². The molecule has 1 fully saturated rings. The van der Waals surface area contributed by atoms with Crippen LogP contribution in [0.2, 0.25) is 0 Å². The third-order valence-corrected chi connectivity index (χ3v) is 3.58. The molecule has 3 heteroatoms. The minimum Gasteiger partial charge on any atom is -0.352 e. The number of nitrogens with zero attached hydrogens (tertiary/aromatic N) is 1. The molecular weight excluding hydrogens is 224 g/mol. The molecule has 1 unspecified atom stereocenters. The van der Waals surface area contributed by atoms with Crippen LogP contribution in [0.1, 0.15) is 24.0 Å². The Balaban J connectivity index is 1.82. The van der Waals surface area contributed by atoms with E-state index in [0.717, 1.165) is 31.5 Å². The van der Waals surface area contributed by atoms with Gasteiger partial charge in [-0.1, -0.05) is 29.8 Å². The highest BCUT2D eigenvalue weighted by molar-refractivity contribution is 5.78. The second-order valence-corrected chi connectivity index (χ2v) is 5.30. The third kappa shape index (κ3) is 3.57. The molecule has 1 aromatic carbocycles. The van der Waals surface area contributed by atoms with Gasteiger partial charge < -0.3 is 10.2 Å². The summed E-state index contributed by atoms with van der Waals surface area (Å²) in [5, 5.41) is 3.04. The average Bonchev–Trinajstić information content (AvgIpc) is 2.38. The summed E-state index contributed by atoms with van der Waals surface area (Å²) in [4.78, 5) is 14.3. The third-order valence-electron chi connectivity index (χ3n) is 3.58. The molecular formula is C15H22N2O. The molecule has 1 heterocycles. The van der Waals surface area contributed by atoms with E-state index < -0.39 is 0 Å². The summed E-state index contributed by atoms with van der Waals surface area (Å²) in [5.74, 6) is 0.358. The highest BCUT2D eigenvalue weighted by atomic mass is 16.1. The highest BCUT2D eigenvalue weighted by Gasteiger charge is 2.23. The number of carbonyl (C=O) groups is 1. The van der Waals surface area contributed by atoms with Crippen molar-refractivity contribution in [1.82, 2.24) is 10.2 Å². The minimum atomic E-state index is 0.161. The van der Waals surface area contributed by atoms with Gasteiger partial charge in [-0.2, -0.15) is 0 Å². The molecule has 18 heavy (non-hydrogen) atoms. The van der Waals surface area contributed by atoms with E-state index in [4.69, 9.17) is 0 Å². The van der Waals surface area contributed by atoms with E-state index in [2.05, 4.69) is 48.5 Å². The van der Waals surface area contributed by atoms with E-state index in [1.165, 1.54) is 5.56 Å². The number of likely N-dealkylation sites (tertiary alicyclic amines) is 1. The van der Waals surface area contributed by atoms with Crippen molar-refractivity contribution in [3.05, 3.63) is 35.4 Å². The number of benzene rings is 1. The zero-order valence-corrected chi connectivity index (χ0v) is 11.3. The molecule has 0 bridgehead atoms. The lowest BCUT2D eigenvalue weighted by molar-refractivity contribution is -0.126. The Hall–Kier alpha value is -1.35. The second kappa shape index (κ2) is 6.01. The number of hydrogen-bond donors (Lipinski definition) is 1. The number of hydrogen-bond acceptors (Lipinski definition) is 2. The number of carbonyl (C=O) groups excluding carboxylic acids is 1. The molecule has 1 amide bonds. The van der Waals surface area contributed by atoms with Crippen LogP contribution in [0.5, 0.6) is 0 Å². The lowest BCUT2D eigenvalue weighted by Gasteiger charge is -2.28. The first kappa shape index (κ1) is 13.1. The van der Waals surface area contributed by atoms with E-state index in [-0.39, 0.29) is 11.8 Å². The molecule has 0 spiro atoms. The first-order chi connectivity index (χ1) is 8.65. The van der Waals surface area contributed by atoms with Crippen molar-refractivity contribution in [2.75, 3.05) is 20.1 Å². The van der Waals surface area contributed by atoms with Gasteiger partial charge in [0.1, 0.15) is 0 Å². The number of aryl methyl sites for hydroxylation is 1. The summed E-state index contributed by atoms with van der Waals surface area (Å²) in [6.07, 6.45) is 2.14. The summed E-state index contributed by atoms with van der Waals surface area (Å²) >= 11 is 0. The van der Waals surface area contributed by atoms with Crippen LogP contribution < -0.4 is 5.32 Å². The van der Waals surface area contributed by atoms with Gasteiger partial charge in [-0.05, 0) is 38.9 Å². The standard InChI is InChI=1S/C15H22N2O/c1-12-5-7-13(8-6-12)10-16-15(18)14-4-3-9-17(2)11-14/h5-8,14H,3-4,9-11H2,1-2H3,(H,16,18). The van der Waals surface area contributed by atoms with Gasteiger partial charge in [0.25, 0.3) is 0 Å². The average molecular weight is 246 g/mol. The maximum atomic E-state index is 12.0. The van der Waals surface area contributed by atoms with Gasteiger partial charge in [-0.25, -0.2) is 0 Å². The van der Waals surface area contributed by atoms with Gasteiger partial charge in [0.15, 0.2) is 0 Å². The van der Waals surface area contributed by atoms with Gasteiger partial charge in [0.05, 0.1) is 5.92 Å². The predicted molar refractivity (Wildman–Crippen MR) is 73.2 cm³/mol. The predicted octanol–water partition coefficient (Wildman–Crippen LogP) is 1.95. The largest absolute Gasteiger partial charge is 0.352 e. The lowest BCUT2D eigenvalue weighted by Crippen LogP contribution is -2.41. The first-order valence-corrected chi connectivity index (χ1v) is 6.67. The van der Waals surface area contributed by atoms with Crippen molar-refractivity contribution < 1.29 is 4.79 Å². The van der Waals surface area contributed by atoms with E-state index in [1.54, 1.807) is 0 Å². The number of amides is 1. The maximum Gasteiger partial charge on any atom is 0.224 e. The quantitative estimate of drug-likeness (QED) is 0.884. The molecule has 1 N–H and O–H groups in total. The number of piperidine rings is 1. The fraction of sp³-hybridized carbons (Fsp3) is 0.533. The monoisotopic (exact) mass is 246 g/mol. The van der Waals surface area contributed by atoms with Gasteiger partial charge in [-0.3, -0.25) is 4.79 Å². The SMILES string of the molecule is Cc1ccc(CNC(=O)C2CCCN(C)C2)cc1. The van der Waals surface area contributed by atoms with E-state index in [9.17, 15) is 4.79 Å². The molecule has 2 rings (SSSR count). The van der Waals surface area contributed by atoms with Crippen LogP contribution in [0.3, 0.4) is 0 Å². The van der Waals surface area contributed by atoms with E-state index in [1.807, 2.05) is 0 Å². The smallest absolute Gasteiger partial charge is 0.224 e. The zero-order chi connectivity index (χ0) is 13.0. The van der Waals surface area contributed by atoms with Crippen LogP contribution in [0.15, 0.2) is 24.3 Å². The summed E-state index contributed by atoms with van der Waals surface area (Å²) in [6.45, 7) is 4.71. The molecule has 1 aromatic rings. The molecule has 0 radical (unpaired) electrons. The molecule has 0 aliphatic carbocycles. The van der Waals surface area contributed by atoms with Crippen LogP contribution >= 0.6 is 0 Å². The molecule has 98 valence electrons. The van der Waals surface area contributed by atoms with Crippen molar-refractivity contribution >= 4 is 5.91 Å². The topological polar surface area (TPSA) is 32.3 Å². The molecule has 0 saturated carbocycles. The Bertz CT molecular complexity index is 399. The lowest BCUT2D eigenvalue weighted by atomic mass is 9.97. The molecule has 0 aromatic heterocycles. The molecule has 1 aliphatic heterocycles. The minimum absolute atomic E-state index is 0.161. The van der Waals surface area contributed by atoms with Crippen molar-refractivity contribution in [1.29, 1.82) is 0 Å².